The summed E-state index contributed by atoms with van der Waals surface area (Å²) in [4.78, 5) is 35.5. The molecule has 0 aromatic heterocycles. The van der Waals surface area contributed by atoms with Crippen molar-refractivity contribution >= 4 is 17.8 Å². The highest BCUT2D eigenvalue weighted by Gasteiger charge is 2.31. The second kappa shape index (κ2) is 6.69. The number of piperidine rings is 1. The molecule has 7 nitrogen and oxygen atoms in total. The van der Waals surface area contributed by atoms with Crippen molar-refractivity contribution in [3.63, 3.8) is 0 Å². The van der Waals surface area contributed by atoms with E-state index in [1.807, 2.05) is 4.90 Å². The first-order chi connectivity index (χ1) is 9.20. The Morgan fingerprint density at radius 1 is 1.30 bits per heavy atom. The summed E-state index contributed by atoms with van der Waals surface area (Å²) in [5.41, 5.74) is 4.07. The van der Waals surface area contributed by atoms with Crippen LogP contribution in [-0.2, 0) is 14.4 Å². The zero-order chi connectivity index (χ0) is 15.3. The van der Waals surface area contributed by atoms with E-state index in [-0.39, 0.29) is 30.8 Å². The number of likely N-dealkylation sites (tertiary alicyclic amines) is 1. The van der Waals surface area contributed by atoms with Crippen LogP contribution in [-0.4, -0.2) is 53.5 Å². The Hall–Kier alpha value is -1.63. The van der Waals surface area contributed by atoms with E-state index in [1.54, 1.807) is 0 Å². The first kappa shape index (κ1) is 16.4. The molecule has 4 N–H and O–H groups in total. The van der Waals surface area contributed by atoms with Crippen LogP contribution in [0.1, 0.15) is 33.1 Å². The summed E-state index contributed by atoms with van der Waals surface area (Å²) < 4.78 is 0. The number of nitrogens with two attached hydrogens (primary N) is 1. The van der Waals surface area contributed by atoms with Gasteiger partial charge in [-0.1, -0.05) is 0 Å². The van der Waals surface area contributed by atoms with Crippen molar-refractivity contribution < 1.29 is 19.5 Å². The number of primary amides is 1. The van der Waals surface area contributed by atoms with Crippen LogP contribution in [0.15, 0.2) is 0 Å². The molecule has 20 heavy (non-hydrogen) atoms. The van der Waals surface area contributed by atoms with E-state index in [0.717, 1.165) is 12.8 Å². The number of nitrogens with one attached hydrogen (secondary N) is 1. The average molecular weight is 285 g/mol. The van der Waals surface area contributed by atoms with Crippen molar-refractivity contribution in [3.05, 3.63) is 0 Å². The zero-order valence-corrected chi connectivity index (χ0v) is 12.0. The van der Waals surface area contributed by atoms with Crippen molar-refractivity contribution in [3.8, 4) is 0 Å². The number of carbonyl (C=O) groups excluding carboxylic acids is 2. The third-order valence-electron chi connectivity index (χ3n) is 3.51. The highest BCUT2D eigenvalue weighted by atomic mass is 16.4. The van der Waals surface area contributed by atoms with Gasteiger partial charge in [-0.15, -0.1) is 0 Å². The van der Waals surface area contributed by atoms with Gasteiger partial charge in [-0.25, -0.2) is 0 Å². The number of carbonyl (C=O) groups is 3. The molecule has 1 saturated heterocycles. The van der Waals surface area contributed by atoms with Crippen molar-refractivity contribution in [2.75, 3.05) is 19.6 Å². The maximum Gasteiger partial charge on any atom is 0.309 e. The Bertz CT molecular complexity index is 387. The Kier molecular flexibility index (Phi) is 5.50. The highest BCUT2D eigenvalue weighted by Crippen LogP contribution is 2.20. The molecule has 0 bridgehead atoms. The molecule has 1 aliphatic heterocycles. The van der Waals surface area contributed by atoms with Gasteiger partial charge in [0.05, 0.1) is 12.0 Å². The molecular weight excluding hydrogens is 262 g/mol. The summed E-state index contributed by atoms with van der Waals surface area (Å²) in [5.74, 6) is -1.58. The maximum absolute atomic E-state index is 11.8. The minimum absolute atomic E-state index is 0.0379. The number of carboxylic acid groups (broad SMARTS) is 1. The summed E-state index contributed by atoms with van der Waals surface area (Å²) in [6, 6.07) is 0.0382. The van der Waals surface area contributed by atoms with Crippen LogP contribution in [0.4, 0.5) is 0 Å². The molecule has 114 valence electrons. The van der Waals surface area contributed by atoms with Gasteiger partial charge in [-0.05, 0) is 26.7 Å². The van der Waals surface area contributed by atoms with Gasteiger partial charge in [0.25, 0.3) is 0 Å². The predicted octanol–water partition coefficient (Wildman–Crippen LogP) is -0.447. The molecule has 0 atom stereocenters. The van der Waals surface area contributed by atoms with Crippen molar-refractivity contribution in [1.82, 2.24) is 10.2 Å². The van der Waals surface area contributed by atoms with Crippen LogP contribution in [0, 0.1) is 5.41 Å². The lowest BCUT2D eigenvalue weighted by Gasteiger charge is -2.32. The third-order valence-corrected chi connectivity index (χ3v) is 3.51. The minimum Gasteiger partial charge on any atom is -0.481 e. The summed E-state index contributed by atoms with van der Waals surface area (Å²) >= 11 is 0. The number of rotatable bonds is 6. The van der Waals surface area contributed by atoms with E-state index >= 15 is 0 Å². The third kappa shape index (κ3) is 5.16. The molecule has 1 fully saturated rings. The number of nitrogens with zero attached hydrogens (tertiary/aromatic N) is 1. The largest absolute Gasteiger partial charge is 0.481 e. The van der Waals surface area contributed by atoms with E-state index in [4.69, 9.17) is 10.8 Å². The predicted molar refractivity (Wildman–Crippen MR) is 72.8 cm³/mol. The number of aliphatic carboxylic acids is 1. The first-order valence-electron chi connectivity index (χ1n) is 6.74. The zero-order valence-electron chi connectivity index (χ0n) is 12.0. The normalized spacial score (nSPS) is 17.7. The van der Waals surface area contributed by atoms with E-state index in [9.17, 15) is 14.4 Å². The van der Waals surface area contributed by atoms with Crippen molar-refractivity contribution in [1.29, 1.82) is 0 Å². The number of hydrogen-bond acceptors (Lipinski definition) is 4. The van der Waals surface area contributed by atoms with Crippen LogP contribution in [0.3, 0.4) is 0 Å². The van der Waals surface area contributed by atoms with Gasteiger partial charge in [0.15, 0.2) is 0 Å². The lowest BCUT2D eigenvalue weighted by Crippen LogP contribution is -2.47. The van der Waals surface area contributed by atoms with Gasteiger partial charge >= 0.3 is 5.97 Å². The Balaban J connectivity index is 2.35. The molecule has 0 saturated carbocycles. The van der Waals surface area contributed by atoms with E-state index in [2.05, 4.69) is 5.32 Å². The second-order valence-corrected chi connectivity index (χ2v) is 5.95. The Labute approximate surface area is 118 Å². The van der Waals surface area contributed by atoms with Crippen molar-refractivity contribution in [2.45, 2.75) is 39.2 Å². The molecule has 7 heteroatoms. The topological polar surface area (TPSA) is 113 Å². The average Bonchev–Trinajstić information content (AvgIpc) is 2.30. The monoisotopic (exact) mass is 285 g/mol. The molecule has 1 heterocycles. The fourth-order valence-electron chi connectivity index (χ4n) is 2.21. The molecule has 0 spiro atoms. The number of amides is 2. The standard InChI is InChI=1S/C13H23N3O4/c1-13(2,12(19)20)7-11(18)15-9-3-5-16(6-4-9)8-10(14)17/h9H,3-8H2,1-2H3,(H2,14,17)(H,15,18)(H,19,20). The fourth-order valence-corrected chi connectivity index (χ4v) is 2.21. The molecular formula is C13H23N3O4. The molecule has 2 amide bonds. The smallest absolute Gasteiger partial charge is 0.309 e. The summed E-state index contributed by atoms with van der Waals surface area (Å²) in [5, 5.41) is 11.8. The molecule has 1 aliphatic rings. The fraction of sp³-hybridized carbons (Fsp3) is 0.769. The molecule has 0 aromatic rings. The summed E-state index contributed by atoms with van der Waals surface area (Å²) in [7, 11) is 0. The van der Waals surface area contributed by atoms with Crippen LogP contribution >= 0.6 is 0 Å². The molecule has 0 aromatic carbocycles. The van der Waals surface area contributed by atoms with Gasteiger partial charge in [0, 0.05) is 25.6 Å². The maximum atomic E-state index is 11.8. The van der Waals surface area contributed by atoms with Crippen molar-refractivity contribution in [2.24, 2.45) is 11.1 Å². The number of hydrogen-bond donors (Lipinski definition) is 3. The molecule has 0 radical (unpaired) electrons. The summed E-state index contributed by atoms with van der Waals surface area (Å²) in [6.45, 7) is 4.72. The second-order valence-electron chi connectivity index (χ2n) is 5.95. The van der Waals surface area contributed by atoms with Gasteiger partial charge < -0.3 is 16.2 Å². The Morgan fingerprint density at radius 3 is 2.30 bits per heavy atom. The van der Waals surface area contributed by atoms with Crippen LogP contribution in [0.5, 0.6) is 0 Å². The van der Waals surface area contributed by atoms with Gasteiger partial charge in [0.2, 0.25) is 11.8 Å². The molecule has 0 aliphatic carbocycles. The lowest BCUT2D eigenvalue weighted by atomic mass is 9.89. The first-order valence-corrected chi connectivity index (χ1v) is 6.74. The summed E-state index contributed by atoms with van der Waals surface area (Å²) in [6.07, 6.45) is 1.45. The van der Waals surface area contributed by atoms with Crippen LogP contribution in [0.25, 0.3) is 0 Å². The lowest BCUT2D eigenvalue weighted by molar-refractivity contribution is -0.149. The van der Waals surface area contributed by atoms with E-state index < -0.39 is 11.4 Å². The molecule has 0 unspecified atom stereocenters. The van der Waals surface area contributed by atoms with Crippen LogP contribution < -0.4 is 11.1 Å². The van der Waals surface area contributed by atoms with Gasteiger partial charge in [-0.2, -0.15) is 0 Å². The van der Waals surface area contributed by atoms with Gasteiger partial charge in [0.1, 0.15) is 0 Å². The van der Waals surface area contributed by atoms with Crippen LogP contribution in [0.2, 0.25) is 0 Å². The highest BCUT2D eigenvalue weighted by molar-refractivity contribution is 5.84. The SMILES string of the molecule is CC(C)(CC(=O)NC1CCN(CC(N)=O)CC1)C(=O)O. The van der Waals surface area contributed by atoms with E-state index in [0.29, 0.717) is 13.1 Å². The number of carboxylic acids is 1. The van der Waals surface area contributed by atoms with Gasteiger partial charge in [-0.3, -0.25) is 19.3 Å². The Morgan fingerprint density at radius 2 is 1.85 bits per heavy atom. The minimum atomic E-state index is -1.06. The quantitative estimate of drug-likeness (QED) is 0.612. The molecule has 1 rings (SSSR count). The van der Waals surface area contributed by atoms with E-state index in [1.165, 1.54) is 13.8 Å².